The number of nitrogens with one attached hydrogen (secondary N) is 1. The van der Waals surface area contributed by atoms with Crippen LogP contribution in [-0.4, -0.2) is 31.1 Å². The molecule has 3 heteroatoms. The largest absolute Gasteiger partial charge is 0.400 e. The standard InChI is InChI=1S/C7H15NO.CH4O/c1-4-5-7(8-3)6(2)9;1-2/h7-8H,4-5H2,1-3H3;2H,1H3. The van der Waals surface area contributed by atoms with E-state index in [1.807, 2.05) is 7.05 Å². The van der Waals surface area contributed by atoms with Gasteiger partial charge in [0, 0.05) is 7.11 Å². The summed E-state index contributed by atoms with van der Waals surface area (Å²) in [6.45, 7) is 3.70. The Morgan fingerprint density at radius 1 is 1.55 bits per heavy atom. The molecule has 0 aliphatic heterocycles. The van der Waals surface area contributed by atoms with Gasteiger partial charge in [0.2, 0.25) is 0 Å². The lowest BCUT2D eigenvalue weighted by Crippen LogP contribution is -2.31. The van der Waals surface area contributed by atoms with Crippen LogP contribution < -0.4 is 5.32 Å². The molecule has 0 aliphatic carbocycles. The molecule has 0 spiro atoms. The highest BCUT2D eigenvalue weighted by Gasteiger charge is 2.07. The summed E-state index contributed by atoms with van der Waals surface area (Å²) in [6, 6.07) is 0.0787. The summed E-state index contributed by atoms with van der Waals surface area (Å²) in [6.07, 6.45) is 2.01. The van der Waals surface area contributed by atoms with E-state index in [-0.39, 0.29) is 11.8 Å². The fourth-order valence-electron chi connectivity index (χ4n) is 0.840. The first-order valence-corrected chi connectivity index (χ1v) is 3.84. The predicted octanol–water partition coefficient (Wildman–Crippen LogP) is 0.572. The van der Waals surface area contributed by atoms with E-state index in [0.29, 0.717) is 0 Å². The highest BCUT2D eigenvalue weighted by Crippen LogP contribution is 1.95. The van der Waals surface area contributed by atoms with Crippen molar-refractivity contribution in [2.24, 2.45) is 0 Å². The predicted molar refractivity (Wildman–Crippen MR) is 46.6 cm³/mol. The van der Waals surface area contributed by atoms with Crippen LogP contribution in [0.15, 0.2) is 0 Å². The molecule has 3 nitrogen and oxygen atoms in total. The maximum absolute atomic E-state index is 10.7. The molecule has 0 rings (SSSR count). The van der Waals surface area contributed by atoms with E-state index in [0.717, 1.165) is 20.0 Å². The first kappa shape index (κ1) is 13.2. The molecule has 0 bridgehead atoms. The smallest absolute Gasteiger partial charge is 0.146 e. The Hall–Kier alpha value is -0.410. The van der Waals surface area contributed by atoms with Crippen LogP contribution in [-0.2, 0) is 4.79 Å². The van der Waals surface area contributed by atoms with Gasteiger partial charge in [-0.2, -0.15) is 0 Å². The number of ketones is 1. The number of carbonyl (C=O) groups excluding carboxylic acids is 1. The summed E-state index contributed by atoms with van der Waals surface area (Å²) in [5.74, 6) is 0.236. The number of hydrogen-bond donors (Lipinski definition) is 2. The van der Waals surface area contributed by atoms with E-state index >= 15 is 0 Å². The lowest BCUT2D eigenvalue weighted by molar-refractivity contribution is -0.119. The third-order valence-corrected chi connectivity index (χ3v) is 1.42. The first-order chi connectivity index (χ1) is 5.22. The number of aliphatic hydroxyl groups is 1. The number of Topliss-reactive ketones (excluding diaryl/α,β-unsaturated/α-hetero) is 1. The van der Waals surface area contributed by atoms with Crippen molar-refractivity contribution in [2.75, 3.05) is 14.2 Å². The lowest BCUT2D eigenvalue weighted by Gasteiger charge is -2.09. The van der Waals surface area contributed by atoms with Crippen molar-refractivity contribution >= 4 is 5.78 Å². The molecule has 0 aromatic rings. The average Bonchev–Trinajstić information content (AvgIpc) is 2.03. The zero-order valence-corrected chi connectivity index (χ0v) is 7.85. The normalized spacial score (nSPS) is 11.4. The Kier molecular flexibility index (Phi) is 11.5. The van der Waals surface area contributed by atoms with Gasteiger partial charge in [0.15, 0.2) is 0 Å². The van der Waals surface area contributed by atoms with E-state index in [1.54, 1.807) is 6.92 Å². The molecule has 0 saturated heterocycles. The Labute approximate surface area is 68.8 Å². The Bertz CT molecular complexity index is 94.1. The van der Waals surface area contributed by atoms with Crippen molar-refractivity contribution in [3.8, 4) is 0 Å². The van der Waals surface area contributed by atoms with Crippen molar-refractivity contribution < 1.29 is 9.90 Å². The SMILES string of the molecule is CCCC(NC)C(C)=O.CO. The second-order valence-corrected chi connectivity index (χ2v) is 2.24. The van der Waals surface area contributed by atoms with Crippen LogP contribution in [0, 0.1) is 0 Å². The molecule has 0 radical (unpaired) electrons. The molecular weight excluding hydrogens is 142 g/mol. The third kappa shape index (κ3) is 7.49. The van der Waals surface area contributed by atoms with Crippen molar-refractivity contribution in [1.82, 2.24) is 5.32 Å². The Balaban J connectivity index is 0. The second kappa shape index (κ2) is 9.59. The molecular formula is C8H19NO2. The summed E-state index contributed by atoms with van der Waals surface area (Å²) in [5, 5.41) is 9.95. The summed E-state index contributed by atoms with van der Waals surface area (Å²) < 4.78 is 0. The first-order valence-electron chi connectivity index (χ1n) is 3.84. The fourth-order valence-corrected chi connectivity index (χ4v) is 0.840. The summed E-state index contributed by atoms with van der Waals surface area (Å²) in [7, 11) is 2.82. The summed E-state index contributed by atoms with van der Waals surface area (Å²) in [5.41, 5.74) is 0. The number of likely N-dealkylation sites (N-methyl/N-ethyl adjacent to an activating group) is 1. The molecule has 0 heterocycles. The number of rotatable bonds is 4. The molecule has 0 aliphatic rings. The second-order valence-electron chi connectivity index (χ2n) is 2.24. The monoisotopic (exact) mass is 161 g/mol. The maximum atomic E-state index is 10.7. The number of carbonyl (C=O) groups is 1. The van der Waals surface area contributed by atoms with Crippen LogP contribution in [0.2, 0.25) is 0 Å². The van der Waals surface area contributed by atoms with Gasteiger partial charge in [-0.05, 0) is 20.4 Å². The molecule has 0 amide bonds. The highest BCUT2D eigenvalue weighted by molar-refractivity contribution is 5.81. The average molecular weight is 161 g/mol. The van der Waals surface area contributed by atoms with E-state index in [1.165, 1.54) is 0 Å². The molecule has 0 saturated carbocycles. The highest BCUT2D eigenvalue weighted by atomic mass is 16.2. The van der Waals surface area contributed by atoms with Gasteiger partial charge in [0.05, 0.1) is 6.04 Å². The van der Waals surface area contributed by atoms with Gasteiger partial charge >= 0.3 is 0 Å². The van der Waals surface area contributed by atoms with Crippen LogP contribution >= 0.6 is 0 Å². The number of hydrogen-bond acceptors (Lipinski definition) is 3. The summed E-state index contributed by atoms with van der Waals surface area (Å²) in [4.78, 5) is 10.7. The van der Waals surface area contributed by atoms with Gasteiger partial charge in [-0.15, -0.1) is 0 Å². The van der Waals surface area contributed by atoms with Crippen LogP contribution in [0.4, 0.5) is 0 Å². The van der Waals surface area contributed by atoms with Gasteiger partial charge in [-0.25, -0.2) is 0 Å². The van der Waals surface area contributed by atoms with Crippen LogP contribution in [0.25, 0.3) is 0 Å². The van der Waals surface area contributed by atoms with Crippen molar-refractivity contribution in [1.29, 1.82) is 0 Å². The van der Waals surface area contributed by atoms with Crippen molar-refractivity contribution in [2.45, 2.75) is 32.7 Å². The molecule has 0 fully saturated rings. The fraction of sp³-hybridized carbons (Fsp3) is 0.875. The number of aliphatic hydroxyl groups excluding tert-OH is 1. The zero-order chi connectivity index (χ0) is 9.28. The minimum absolute atomic E-state index is 0.0787. The molecule has 68 valence electrons. The van der Waals surface area contributed by atoms with Gasteiger partial charge in [-0.1, -0.05) is 13.3 Å². The lowest BCUT2D eigenvalue weighted by atomic mass is 10.1. The third-order valence-electron chi connectivity index (χ3n) is 1.42. The minimum atomic E-state index is 0.0787. The van der Waals surface area contributed by atoms with Gasteiger partial charge in [-0.3, -0.25) is 4.79 Å². The van der Waals surface area contributed by atoms with Crippen molar-refractivity contribution in [3.63, 3.8) is 0 Å². The van der Waals surface area contributed by atoms with E-state index in [2.05, 4.69) is 12.2 Å². The Morgan fingerprint density at radius 2 is 2.00 bits per heavy atom. The Morgan fingerprint density at radius 3 is 2.09 bits per heavy atom. The van der Waals surface area contributed by atoms with E-state index in [9.17, 15) is 4.79 Å². The van der Waals surface area contributed by atoms with Gasteiger partial charge in [0.1, 0.15) is 5.78 Å². The molecule has 0 aromatic heterocycles. The molecule has 0 aromatic carbocycles. The maximum Gasteiger partial charge on any atom is 0.146 e. The van der Waals surface area contributed by atoms with Crippen LogP contribution in [0.3, 0.4) is 0 Å². The minimum Gasteiger partial charge on any atom is -0.400 e. The van der Waals surface area contributed by atoms with Gasteiger partial charge in [0.25, 0.3) is 0 Å². The molecule has 1 unspecified atom stereocenters. The molecule has 2 N–H and O–H groups in total. The quantitative estimate of drug-likeness (QED) is 0.634. The topological polar surface area (TPSA) is 49.3 Å². The van der Waals surface area contributed by atoms with Crippen molar-refractivity contribution in [3.05, 3.63) is 0 Å². The van der Waals surface area contributed by atoms with E-state index in [4.69, 9.17) is 5.11 Å². The zero-order valence-electron chi connectivity index (χ0n) is 7.85. The molecule has 1 atom stereocenters. The van der Waals surface area contributed by atoms with Crippen LogP contribution in [0.5, 0.6) is 0 Å². The van der Waals surface area contributed by atoms with Crippen LogP contribution in [0.1, 0.15) is 26.7 Å². The van der Waals surface area contributed by atoms with E-state index < -0.39 is 0 Å². The van der Waals surface area contributed by atoms with Gasteiger partial charge < -0.3 is 10.4 Å². The molecule has 11 heavy (non-hydrogen) atoms. The summed E-state index contributed by atoms with van der Waals surface area (Å²) >= 11 is 0.